The second-order valence-electron chi connectivity index (χ2n) is 5.30. The summed E-state index contributed by atoms with van der Waals surface area (Å²) in [6, 6.07) is 5.65. The Hall–Kier alpha value is -2.68. The van der Waals surface area contributed by atoms with Crippen LogP contribution in [0.5, 0.6) is 0 Å². The van der Waals surface area contributed by atoms with Crippen molar-refractivity contribution in [3.8, 4) is 0 Å². The average Bonchev–Trinajstić information content (AvgIpc) is 2.60. The maximum Gasteiger partial charge on any atom is 0.343 e. The van der Waals surface area contributed by atoms with E-state index in [-0.39, 0.29) is 46.7 Å². The molecule has 0 aliphatic rings. The minimum absolute atomic E-state index is 0.000961. The Balaban J connectivity index is 1.89. The summed E-state index contributed by atoms with van der Waals surface area (Å²) in [5, 5.41) is 3.08. The lowest BCUT2D eigenvalue weighted by atomic mass is 10.1. The highest BCUT2D eigenvalue weighted by atomic mass is 32.2. The van der Waals surface area contributed by atoms with Crippen molar-refractivity contribution in [2.45, 2.75) is 25.0 Å². The summed E-state index contributed by atoms with van der Waals surface area (Å²) in [6.07, 6.45) is 1.28. The molecule has 0 aliphatic carbocycles. The predicted octanol–water partition coefficient (Wildman–Crippen LogP) is 2.34. The number of carbonyl (C=O) groups is 2. The molecule has 9 heteroatoms. The number of anilines is 1. The third kappa shape index (κ3) is 5.41. The van der Waals surface area contributed by atoms with E-state index >= 15 is 0 Å². The minimum Gasteiger partial charge on any atom is -0.462 e. The molecule has 0 spiro atoms. The van der Waals surface area contributed by atoms with Crippen LogP contribution in [0, 0.1) is 5.82 Å². The summed E-state index contributed by atoms with van der Waals surface area (Å²) in [6.45, 7) is 3.71. The third-order valence-electron chi connectivity index (χ3n) is 3.37. The lowest BCUT2D eigenvalue weighted by Crippen LogP contribution is -2.28. The van der Waals surface area contributed by atoms with Crippen LogP contribution in [0.3, 0.4) is 0 Å². The number of nitrogens with zero attached hydrogens (tertiary/aromatic N) is 2. The second-order valence-corrected chi connectivity index (χ2v) is 6.24. The van der Waals surface area contributed by atoms with Gasteiger partial charge in [0.15, 0.2) is 5.16 Å². The normalized spacial score (nSPS) is 11.7. The van der Waals surface area contributed by atoms with E-state index in [1.807, 2.05) is 0 Å². The van der Waals surface area contributed by atoms with Gasteiger partial charge in [0.1, 0.15) is 17.2 Å². The topological polar surface area (TPSA) is 107 Å². The standard InChI is InChI=1S/C17H19FN4O3S/c1-3-25-16(24)13-8-20-17(22-15(13)19)26-9-14(23)21-10(2)11-4-6-12(18)7-5-11/h4-8,10H,3,9H2,1-2H3,(H,21,23)(H2,19,20,22). The molecule has 1 amide bonds. The molecule has 7 nitrogen and oxygen atoms in total. The van der Waals surface area contributed by atoms with E-state index in [0.717, 1.165) is 17.3 Å². The molecule has 0 fully saturated rings. The average molecular weight is 378 g/mol. The highest BCUT2D eigenvalue weighted by Gasteiger charge is 2.15. The summed E-state index contributed by atoms with van der Waals surface area (Å²) in [5.41, 5.74) is 6.62. The number of ether oxygens (including phenoxy) is 1. The molecule has 1 atom stereocenters. The van der Waals surface area contributed by atoms with Gasteiger partial charge in [0, 0.05) is 6.20 Å². The fourth-order valence-electron chi connectivity index (χ4n) is 2.06. The van der Waals surface area contributed by atoms with E-state index in [4.69, 9.17) is 10.5 Å². The molecule has 2 aromatic rings. The summed E-state index contributed by atoms with van der Waals surface area (Å²) in [7, 11) is 0. The molecule has 1 unspecified atom stereocenters. The van der Waals surface area contributed by atoms with Gasteiger partial charge in [-0.3, -0.25) is 4.79 Å². The number of rotatable bonds is 7. The van der Waals surface area contributed by atoms with Crippen LogP contribution in [0.2, 0.25) is 0 Å². The second kappa shape index (κ2) is 9.14. The summed E-state index contributed by atoms with van der Waals surface area (Å²) in [5.74, 6) is -1.08. The van der Waals surface area contributed by atoms with Crippen LogP contribution in [0.4, 0.5) is 10.2 Å². The molecule has 0 bridgehead atoms. The van der Waals surface area contributed by atoms with Gasteiger partial charge in [-0.2, -0.15) is 0 Å². The number of nitrogens with one attached hydrogen (secondary N) is 1. The monoisotopic (exact) mass is 378 g/mol. The number of halogens is 1. The Labute approximate surface area is 154 Å². The molecule has 0 radical (unpaired) electrons. The maximum absolute atomic E-state index is 12.9. The fourth-order valence-corrected chi connectivity index (χ4v) is 2.70. The summed E-state index contributed by atoms with van der Waals surface area (Å²) in [4.78, 5) is 31.7. The molecule has 3 N–H and O–H groups in total. The smallest absolute Gasteiger partial charge is 0.343 e. The van der Waals surface area contributed by atoms with Crippen LogP contribution >= 0.6 is 11.8 Å². The van der Waals surface area contributed by atoms with Gasteiger partial charge in [-0.1, -0.05) is 23.9 Å². The number of esters is 1. The van der Waals surface area contributed by atoms with Gasteiger partial charge in [-0.25, -0.2) is 19.2 Å². The van der Waals surface area contributed by atoms with Crippen molar-refractivity contribution in [2.24, 2.45) is 0 Å². The Morgan fingerprint density at radius 3 is 2.65 bits per heavy atom. The van der Waals surface area contributed by atoms with Gasteiger partial charge in [0.2, 0.25) is 5.91 Å². The zero-order valence-electron chi connectivity index (χ0n) is 14.4. The summed E-state index contributed by atoms with van der Waals surface area (Å²) >= 11 is 1.09. The molecule has 2 rings (SSSR count). The minimum atomic E-state index is -0.590. The molecular formula is C17H19FN4O3S. The number of benzene rings is 1. The zero-order valence-corrected chi connectivity index (χ0v) is 15.2. The van der Waals surface area contributed by atoms with Crippen molar-refractivity contribution in [3.05, 3.63) is 47.4 Å². The van der Waals surface area contributed by atoms with E-state index < -0.39 is 5.97 Å². The maximum atomic E-state index is 12.9. The van der Waals surface area contributed by atoms with Gasteiger partial charge in [0.05, 0.1) is 18.4 Å². The number of carbonyl (C=O) groups excluding carboxylic acids is 2. The quantitative estimate of drug-likeness (QED) is 0.432. The molecule has 0 aliphatic heterocycles. The number of aromatic nitrogens is 2. The van der Waals surface area contributed by atoms with Crippen molar-refractivity contribution >= 4 is 29.5 Å². The van der Waals surface area contributed by atoms with E-state index in [9.17, 15) is 14.0 Å². The molecule has 138 valence electrons. The van der Waals surface area contributed by atoms with Crippen LogP contribution in [-0.2, 0) is 9.53 Å². The van der Waals surface area contributed by atoms with Crippen LogP contribution in [0.1, 0.15) is 35.8 Å². The summed E-state index contributed by atoms with van der Waals surface area (Å²) < 4.78 is 17.8. The van der Waals surface area contributed by atoms with Gasteiger partial charge in [-0.15, -0.1) is 0 Å². The van der Waals surface area contributed by atoms with Gasteiger partial charge in [0.25, 0.3) is 0 Å². The van der Waals surface area contributed by atoms with Crippen molar-refractivity contribution < 1.29 is 18.7 Å². The van der Waals surface area contributed by atoms with Crippen molar-refractivity contribution in [1.82, 2.24) is 15.3 Å². The van der Waals surface area contributed by atoms with E-state index in [0.29, 0.717) is 0 Å². The molecule has 1 heterocycles. The first-order valence-electron chi connectivity index (χ1n) is 7.88. The Morgan fingerprint density at radius 1 is 1.35 bits per heavy atom. The predicted molar refractivity (Wildman–Crippen MR) is 96.1 cm³/mol. The number of hydrogen-bond acceptors (Lipinski definition) is 7. The molecular weight excluding hydrogens is 359 g/mol. The lowest BCUT2D eigenvalue weighted by molar-refractivity contribution is -0.119. The van der Waals surface area contributed by atoms with Crippen LogP contribution in [0.15, 0.2) is 35.6 Å². The van der Waals surface area contributed by atoms with E-state index in [2.05, 4.69) is 15.3 Å². The molecule has 0 saturated heterocycles. The first kappa shape index (κ1) is 19.6. The Kier molecular flexibility index (Phi) is 6.90. The number of thioether (sulfide) groups is 1. The highest BCUT2D eigenvalue weighted by molar-refractivity contribution is 7.99. The number of nitrogen functional groups attached to an aromatic ring is 1. The Bertz CT molecular complexity index is 786. The third-order valence-corrected chi connectivity index (χ3v) is 4.23. The Morgan fingerprint density at radius 2 is 2.04 bits per heavy atom. The van der Waals surface area contributed by atoms with Crippen LogP contribution < -0.4 is 11.1 Å². The van der Waals surface area contributed by atoms with Crippen molar-refractivity contribution in [2.75, 3.05) is 18.1 Å². The van der Waals surface area contributed by atoms with Gasteiger partial charge < -0.3 is 15.8 Å². The molecule has 1 aromatic carbocycles. The van der Waals surface area contributed by atoms with Crippen molar-refractivity contribution in [1.29, 1.82) is 0 Å². The van der Waals surface area contributed by atoms with E-state index in [1.165, 1.54) is 18.3 Å². The lowest BCUT2D eigenvalue weighted by Gasteiger charge is -2.14. The first-order valence-corrected chi connectivity index (χ1v) is 8.86. The van der Waals surface area contributed by atoms with Gasteiger partial charge >= 0.3 is 5.97 Å². The number of nitrogens with two attached hydrogens (primary N) is 1. The van der Waals surface area contributed by atoms with Crippen LogP contribution in [-0.4, -0.2) is 34.2 Å². The SMILES string of the molecule is CCOC(=O)c1cnc(SCC(=O)NC(C)c2ccc(F)cc2)nc1N. The first-order chi connectivity index (χ1) is 12.4. The molecule has 0 saturated carbocycles. The fraction of sp³-hybridized carbons (Fsp3) is 0.294. The number of hydrogen-bond donors (Lipinski definition) is 2. The zero-order chi connectivity index (χ0) is 19.1. The van der Waals surface area contributed by atoms with Crippen molar-refractivity contribution in [3.63, 3.8) is 0 Å². The van der Waals surface area contributed by atoms with Gasteiger partial charge in [-0.05, 0) is 31.5 Å². The largest absolute Gasteiger partial charge is 0.462 e. The number of amides is 1. The van der Waals surface area contributed by atoms with Crippen LogP contribution in [0.25, 0.3) is 0 Å². The van der Waals surface area contributed by atoms with E-state index in [1.54, 1.807) is 26.0 Å². The molecule has 1 aromatic heterocycles. The molecule has 26 heavy (non-hydrogen) atoms. The highest BCUT2D eigenvalue weighted by Crippen LogP contribution is 2.18.